The molecule has 0 bridgehead atoms. The van der Waals surface area contributed by atoms with E-state index in [-0.39, 0.29) is 36.2 Å². The first kappa shape index (κ1) is 21.2. The fourth-order valence-corrected chi connectivity index (χ4v) is 3.73. The molecule has 4 rings (SSSR count). The maximum absolute atomic E-state index is 13.8. The molecule has 3 heterocycles. The third-order valence-electron chi connectivity index (χ3n) is 5.29. The highest BCUT2D eigenvalue weighted by molar-refractivity contribution is 5.92. The van der Waals surface area contributed by atoms with Crippen LogP contribution in [0, 0.1) is 11.3 Å². The fourth-order valence-electron chi connectivity index (χ4n) is 3.73. The summed E-state index contributed by atoms with van der Waals surface area (Å²) in [7, 11) is 0. The summed E-state index contributed by atoms with van der Waals surface area (Å²) >= 11 is 0. The number of alkyl halides is 4. The first-order chi connectivity index (χ1) is 14.8. The predicted octanol–water partition coefficient (Wildman–Crippen LogP) is 1.06. The van der Waals surface area contributed by atoms with Crippen LogP contribution in [0.1, 0.15) is 5.56 Å². The molecule has 4 atom stereocenters. The fraction of sp³-hybridized carbons (Fsp3) is 0.474. The van der Waals surface area contributed by atoms with E-state index in [9.17, 15) is 27.6 Å². The standard InChI is InChI=1S/C19H18F4N6O2/c20-11-6-25-7-12(11)28-18(30)14-8-29(9-15(31-14)19(21,22)23)13-2-1-10(5-24)16-17(13)27-4-3-26-16/h1-4,11-12,14-15,25H,6-9H2,(H,28,30)/t11-,12+,14-,15+/m1/s1. The number of fused-ring (bicyclic) bond motifs is 1. The molecular weight excluding hydrogens is 420 g/mol. The van der Waals surface area contributed by atoms with Gasteiger partial charge in [-0.2, -0.15) is 18.4 Å². The number of hydrogen-bond donors (Lipinski definition) is 2. The summed E-state index contributed by atoms with van der Waals surface area (Å²) in [4.78, 5) is 22.2. The van der Waals surface area contributed by atoms with E-state index < -0.39 is 43.0 Å². The molecule has 2 aliphatic heterocycles. The van der Waals surface area contributed by atoms with E-state index in [0.717, 1.165) is 0 Å². The lowest BCUT2D eigenvalue weighted by Crippen LogP contribution is -2.59. The Morgan fingerprint density at radius 2 is 1.97 bits per heavy atom. The average Bonchev–Trinajstić information content (AvgIpc) is 3.16. The maximum Gasteiger partial charge on any atom is 0.416 e. The number of hydrogen-bond acceptors (Lipinski definition) is 7. The lowest BCUT2D eigenvalue weighted by Gasteiger charge is -2.39. The zero-order valence-electron chi connectivity index (χ0n) is 16.1. The van der Waals surface area contributed by atoms with Gasteiger partial charge in [-0.05, 0) is 12.1 Å². The largest absolute Gasteiger partial charge is 0.416 e. The molecule has 164 valence electrons. The quantitative estimate of drug-likeness (QED) is 0.691. The minimum absolute atomic E-state index is 0.0592. The Kier molecular flexibility index (Phi) is 5.63. The number of amides is 1. The molecule has 8 nitrogen and oxygen atoms in total. The van der Waals surface area contributed by atoms with Gasteiger partial charge in [0.15, 0.2) is 12.2 Å². The van der Waals surface area contributed by atoms with E-state index in [1.807, 2.05) is 6.07 Å². The number of ether oxygens (including phenoxy) is 1. The highest BCUT2D eigenvalue weighted by Crippen LogP contribution is 2.33. The van der Waals surface area contributed by atoms with Crippen LogP contribution in [0.4, 0.5) is 23.2 Å². The van der Waals surface area contributed by atoms with E-state index in [0.29, 0.717) is 5.69 Å². The van der Waals surface area contributed by atoms with Gasteiger partial charge < -0.3 is 20.3 Å². The van der Waals surface area contributed by atoms with Crippen LogP contribution < -0.4 is 15.5 Å². The molecule has 1 aromatic carbocycles. The molecule has 2 aliphatic rings. The minimum Gasteiger partial charge on any atom is -0.364 e. The second-order valence-corrected chi connectivity index (χ2v) is 7.35. The number of anilines is 1. The van der Waals surface area contributed by atoms with Gasteiger partial charge in [0, 0.05) is 25.5 Å². The summed E-state index contributed by atoms with van der Waals surface area (Å²) in [5, 5.41) is 14.5. The second-order valence-electron chi connectivity index (χ2n) is 7.35. The Balaban J connectivity index is 1.65. The summed E-state index contributed by atoms with van der Waals surface area (Å²) < 4.78 is 59.5. The average molecular weight is 438 g/mol. The number of carbonyl (C=O) groups is 1. The molecule has 2 saturated heterocycles. The Bertz CT molecular complexity index is 1030. The molecule has 31 heavy (non-hydrogen) atoms. The van der Waals surface area contributed by atoms with Crippen molar-refractivity contribution >= 4 is 22.6 Å². The molecule has 0 unspecified atom stereocenters. The highest BCUT2D eigenvalue weighted by atomic mass is 19.4. The van der Waals surface area contributed by atoms with Crippen LogP contribution in [0.3, 0.4) is 0 Å². The number of nitriles is 1. The molecule has 12 heteroatoms. The molecule has 2 fully saturated rings. The van der Waals surface area contributed by atoms with Gasteiger partial charge in [-0.15, -0.1) is 0 Å². The van der Waals surface area contributed by atoms with E-state index in [1.165, 1.54) is 29.4 Å². The molecule has 0 radical (unpaired) electrons. The van der Waals surface area contributed by atoms with Crippen LogP contribution in [0.15, 0.2) is 24.5 Å². The van der Waals surface area contributed by atoms with Crippen molar-refractivity contribution < 1.29 is 27.1 Å². The van der Waals surface area contributed by atoms with Crippen LogP contribution in [0.2, 0.25) is 0 Å². The van der Waals surface area contributed by atoms with E-state index in [2.05, 4.69) is 20.6 Å². The Morgan fingerprint density at radius 1 is 1.23 bits per heavy atom. The second kappa shape index (κ2) is 8.24. The van der Waals surface area contributed by atoms with Gasteiger partial charge in [-0.25, -0.2) is 4.39 Å². The van der Waals surface area contributed by atoms with Crippen molar-refractivity contribution in [2.75, 3.05) is 31.1 Å². The van der Waals surface area contributed by atoms with Crippen molar-refractivity contribution in [3.8, 4) is 6.07 Å². The van der Waals surface area contributed by atoms with Crippen molar-refractivity contribution in [3.63, 3.8) is 0 Å². The molecule has 1 amide bonds. The van der Waals surface area contributed by atoms with Gasteiger partial charge >= 0.3 is 6.18 Å². The Labute approximate surface area is 174 Å². The number of halogens is 4. The third-order valence-corrected chi connectivity index (χ3v) is 5.29. The Morgan fingerprint density at radius 3 is 2.61 bits per heavy atom. The number of carbonyl (C=O) groups excluding carboxylic acids is 1. The molecular formula is C19H18F4N6O2. The molecule has 1 aromatic heterocycles. The normalized spacial score (nSPS) is 26.6. The van der Waals surface area contributed by atoms with Gasteiger partial charge in [0.2, 0.25) is 0 Å². The number of nitrogens with zero attached hydrogens (tertiary/aromatic N) is 4. The van der Waals surface area contributed by atoms with Gasteiger partial charge in [0.25, 0.3) is 5.91 Å². The van der Waals surface area contributed by atoms with Crippen molar-refractivity contribution in [2.24, 2.45) is 0 Å². The zero-order chi connectivity index (χ0) is 22.2. The van der Waals surface area contributed by atoms with Crippen molar-refractivity contribution in [3.05, 3.63) is 30.1 Å². The van der Waals surface area contributed by atoms with Gasteiger partial charge in [0.1, 0.15) is 23.3 Å². The van der Waals surface area contributed by atoms with E-state index >= 15 is 0 Å². The molecule has 0 saturated carbocycles. The lowest BCUT2D eigenvalue weighted by atomic mass is 10.1. The summed E-state index contributed by atoms with van der Waals surface area (Å²) in [6.07, 6.45) is -7.02. The first-order valence-electron chi connectivity index (χ1n) is 9.54. The highest BCUT2D eigenvalue weighted by Gasteiger charge is 2.48. The van der Waals surface area contributed by atoms with E-state index in [1.54, 1.807) is 0 Å². The zero-order valence-corrected chi connectivity index (χ0v) is 16.1. The number of morpholine rings is 1. The van der Waals surface area contributed by atoms with Gasteiger partial charge in [-0.1, -0.05) is 0 Å². The lowest BCUT2D eigenvalue weighted by molar-refractivity contribution is -0.234. The van der Waals surface area contributed by atoms with Crippen LogP contribution in [-0.4, -0.2) is 72.7 Å². The summed E-state index contributed by atoms with van der Waals surface area (Å²) in [5.74, 6) is -0.820. The monoisotopic (exact) mass is 438 g/mol. The van der Waals surface area contributed by atoms with Crippen LogP contribution >= 0.6 is 0 Å². The summed E-state index contributed by atoms with van der Waals surface area (Å²) in [6.45, 7) is -0.528. The van der Waals surface area contributed by atoms with Crippen molar-refractivity contribution in [1.82, 2.24) is 20.6 Å². The first-order valence-corrected chi connectivity index (χ1v) is 9.54. The SMILES string of the molecule is N#Cc1ccc(N2C[C@@H](C(F)(F)F)O[C@@H](C(=O)N[C@H]3CNC[C@H]3F)C2)c2nccnc12. The third kappa shape index (κ3) is 4.24. The topological polar surface area (TPSA) is 103 Å². The maximum atomic E-state index is 13.8. The Hall–Kier alpha value is -3.04. The molecule has 0 spiro atoms. The van der Waals surface area contributed by atoms with Gasteiger partial charge in [-0.3, -0.25) is 14.8 Å². The minimum atomic E-state index is -4.72. The number of rotatable bonds is 3. The number of aromatic nitrogens is 2. The van der Waals surface area contributed by atoms with Gasteiger partial charge in [0.05, 0.1) is 30.4 Å². The molecule has 2 N–H and O–H groups in total. The number of benzene rings is 1. The summed E-state index contributed by atoms with van der Waals surface area (Å²) in [6, 6.07) is 4.05. The van der Waals surface area contributed by atoms with Crippen molar-refractivity contribution in [2.45, 2.75) is 30.6 Å². The predicted molar refractivity (Wildman–Crippen MR) is 101 cm³/mol. The van der Waals surface area contributed by atoms with Crippen molar-refractivity contribution in [1.29, 1.82) is 5.26 Å². The number of nitrogens with one attached hydrogen (secondary N) is 2. The van der Waals surface area contributed by atoms with Crippen LogP contribution in [0.25, 0.3) is 11.0 Å². The van der Waals surface area contributed by atoms with E-state index in [4.69, 9.17) is 4.74 Å². The molecule has 2 aromatic rings. The van der Waals surface area contributed by atoms with Crippen LogP contribution in [0.5, 0.6) is 0 Å². The summed E-state index contributed by atoms with van der Waals surface area (Å²) in [5.41, 5.74) is 1.01. The molecule has 0 aliphatic carbocycles. The smallest absolute Gasteiger partial charge is 0.364 e. The van der Waals surface area contributed by atoms with Crippen LogP contribution in [-0.2, 0) is 9.53 Å².